The van der Waals surface area contributed by atoms with E-state index in [0.717, 1.165) is 70.1 Å². The maximum atomic E-state index is 14.2. The van der Waals surface area contributed by atoms with Crippen molar-refractivity contribution in [3.05, 3.63) is 62.7 Å². The maximum Gasteiger partial charge on any atom is 0.238 e. The van der Waals surface area contributed by atoms with Gasteiger partial charge in [0.25, 0.3) is 0 Å². The van der Waals surface area contributed by atoms with Crippen LogP contribution in [0.1, 0.15) is 75.1 Å². The lowest BCUT2D eigenvalue weighted by Gasteiger charge is -2.37. The minimum Gasteiger partial charge on any atom is -0.339 e. The first-order chi connectivity index (χ1) is 19.8. The molecule has 224 valence electrons. The van der Waals surface area contributed by atoms with Crippen LogP contribution in [0, 0.1) is 16.7 Å². The SMILES string of the molecule is CS(=O)c1cc(Br)cc2c3c(n(Cc4ccc(Cl)cc4)c12)[C@@H](CC(=O)N1[C@H]2C[C@@H]4CC[C@@]2(CS1(=O)=O)C4(C)C)CCC3. The average Bonchev–Trinajstić information content (AvgIpc) is 3.52. The molecule has 10 heteroatoms. The highest BCUT2D eigenvalue weighted by Gasteiger charge is 2.72. The van der Waals surface area contributed by atoms with Crippen molar-refractivity contribution in [2.75, 3.05) is 12.0 Å². The van der Waals surface area contributed by atoms with E-state index in [9.17, 15) is 17.4 Å². The molecule has 3 fully saturated rings. The molecule has 3 aliphatic carbocycles. The van der Waals surface area contributed by atoms with E-state index in [1.165, 1.54) is 9.87 Å². The van der Waals surface area contributed by atoms with E-state index in [-0.39, 0.29) is 40.9 Å². The van der Waals surface area contributed by atoms with Gasteiger partial charge in [-0.3, -0.25) is 9.00 Å². The molecular weight excluding hydrogens is 656 g/mol. The highest BCUT2D eigenvalue weighted by molar-refractivity contribution is 9.10. The Morgan fingerprint density at radius 1 is 1.17 bits per heavy atom. The number of nitrogens with zero attached hydrogens (tertiary/aromatic N) is 2. The number of hydrogen-bond donors (Lipinski definition) is 0. The molecule has 5 atom stereocenters. The van der Waals surface area contributed by atoms with Crippen LogP contribution in [-0.4, -0.2) is 45.5 Å². The van der Waals surface area contributed by atoms with E-state index in [1.54, 1.807) is 6.26 Å². The van der Waals surface area contributed by atoms with Gasteiger partial charge in [0.05, 0.1) is 33.0 Å². The molecule has 2 saturated carbocycles. The number of rotatable bonds is 5. The smallest absolute Gasteiger partial charge is 0.238 e. The number of sulfonamides is 1. The van der Waals surface area contributed by atoms with Gasteiger partial charge in [-0.05, 0) is 85.3 Å². The molecule has 4 aliphatic rings. The molecule has 2 aromatic carbocycles. The minimum absolute atomic E-state index is 0.0810. The molecule has 2 heterocycles. The first-order valence-corrected chi connectivity index (χ1v) is 19.2. The summed E-state index contributed by atoms with van der Waals surface area (Å²) in [7, 11) is -4.92. The van der Waals surface area contributed by atoms with E-state index >= 15 is 0 Å². The zero-order valence-corrected chi connectivity index (χ0v) is 28.1. The Morgan fingerprint density at radius 2 is 1.90 bits per heavy atom. The van der Waals surface area contributed by atoms with Gasteiger partial charge in [-0.1, -0.05) is 53.5 Å². The quantitative estimate of drug-likeness (QED) is 0.288. The molecule has 3 aromatic rings. The molecule has 1 saturated heterocycles. The van der Waals surface area contributed by atoms with Crippen LogP contribution in [0.5, 0.6) is 0 Å². The molecule has 42 heavy (non-hydrogen) atoms. The van der Waals surface area contributed by atoms with Crippen LogP contribution in [0.4, 0.5) is 0 Å². The molecule has 0 N–H and O–H groups in total. The van der Waals surface area contributed by atoms with Gasteiger partial charge in [0.1, 0.15) is 0 Å². The second-order valence-electron chi connectivity index (χ2n) is 13.4. The van der Waals surface area contributed by atoms with E-state index < -0.39 is 20.8 Å². The largest absolute Gasteiger partial charge is 0.339 e. The van der Waals surface area contributed by atoms with Crippen LogP contribution in [-0.2, 0) is 38.6 Å². The van der Waals surface area contributed by atoms with Gasteiger partial charge in [0.15, 0.2) is 0 Å². The van der Waals surface area contributed by atoms with Gasteiger partial charge in [0.2, 0.25) is 15.9 Å². The van der Waals surface area contributed by atoms with Gasteiger partial charge in [0, 0.05) is 51.1 Å². The van der Waals surface area contributed by atoms with Crippen LogP contribution < -0.4 is 0 Å². The number of carbonyl (C=O) groups excluding carboxylic acids is 1. The number of carbonyl (C=O) groups is 1. The number of benzene rings is 2. The number of amides is 1. The first-order valence-electron chi connectivity index (χ1n) is 14.8. The first kappa shape index (κ1) is 29.1. The predicted octanol–water partition coefficient (Wildman–Crippen LogP) is 7.02. The number of aryl methyl sites for hydroxylation is 1. The minimum atomic E-state index is -3.68. The lowest BCUT2D eigenvalue weighted by molar-refractivity contribution is -0.129. The monoisotopic (exact) mass is 690 g/mol. The molecule has 1 spiro atoms. The van der Waals surface area contributed by atoms with Gasteiger partial charge >= 0.3 is 0 Å². The highest BCUT2D eigenvalue weighted by atomic mass is 79.9. The van der Waals surface area contributed by atoms with E-state index in [1.807, 2.05) is 30.3 Å². The van der Waals surface area contributed by atoms with Gasteiger partial charge in [-0.2, -0.15) is 0 Å². The van der Waals surface area contributed by atoms with Crippen molar-refractivity contribution in [1.29, 1.82) is 0 Å². The lowest BCUT2D eigenvalue weighted by atomic mass is 9.69. The Balaban J connectivity index is 1.32. The fraction of sp³-hybridized carbons (Fsp3) is 0.531. The Morgan fingerprint density at radius 3 is 2.60 bits per heavy atom. The normalized spacial score (nSPS) is 29.5. The number of aromatic nitrogens is 1. The van der Waals surface area contributed by atoms with E-state index in [2.05, 4.69) is 40.4 Å². The van der Waals surface area contributed by atoms with Crippen molar-refractivity contribution >= 4 is 65.2 Å². The fourth-order valence-corrected chi connectivity index (χ4v) is 13.2. The van der Waals surface area contributed by atoms with E-state index in [0.29, 0.717) is 17.5 Å². The Labute approximate surface area is 263 Å². The third-order valence-electron chi connectivity index (χ3n) is 11.2. The van der Waals surface area contributed by atoms with Gasteiger partial charge in [-0.15, -0.1) is 0 Å². The van der Waals surface area contributed by atoms with Crippen molar-refractivity contribution in [3.8, 4) is 0 Å². The van der Waals surface area contributed by atoms with Crippen molar-refractivity contribution in [2.24, 2.45) is 16.7 Å². The molecule has 1 aliphatic heterocycles. The summed E-state index contributed by atoms with van der Waals surface area (Å²) >= 11 is 9.83. The molecule has 1 amide bonds. The van der Waals surface area contributed by atoms with Crippen LogP contribution in [0.15, 0.2) is 45.8 Å². The van der Waals surface area contributed by atoms with Crippen LogP contribution in [0.2, 0.25) is 5.02 Å². The second-order valence-corrected chi connectivity index (χ2v) is 18.0. The van der Waals surface area contributed by atoms with Crippen molar-refractivity contribution in [2.45, 2.75) is 82.2 Å². The number of halogens is 2. The van der Waals surface area contributed by atoms with Gasteiger partial charge in [-0.25, -0.2) is 12.7 Å². The standard InChI is InChI=1S/C32H36BrClN2O4S2/c1-31(2)21-11-12-32(31)18-42(39,40)36(27(32)14-21)28(37)13-20-5-4-6-24-25-15-22(33)16-26(41(3)38)30(25)35(29(20)24)17-19-7-9-23(34)10-8-19/h7-10,15-16,20-21,27H,4-6,11-14,17-18H2,1-3H3/t20-,21+,27+,32+,41?/m1/s1. The summed E-state index contributed by atoms with van der Waals surface area (Å²) in [5, 5.41) is 1.72. The number of fused-ring (bicyclic) bond motifs is 4. The van der Waals surface area contributed by atoms with E-state index in [4.69, 9.17) is 11.6 Å². The Bertz CT molecular complexity index is 1770. The van der Waals surface area contributed by atoms with Crippen LogP contribution in [0.3, 0.4) is 0 Å². The fourth-order valence-electron chi connectivity index (χ4n) is 9.17. The third-order valence-corrected chi connectivity index (χ3v) is 14.8. The van der Waals surface area contributed by atoms with Crippen molar-refractivity contribution < 1.29 is 17.4 Å². The highest BCUT2D eigenvalue weighted by Crippen LogP contribution is 2.70. The van der Waals surface area contributed by atoms with Crippen molar-refractivity contribution in [1.82, 2.24) is 8.87 Å². The third kappa shape index (κ3) is 4.16. The molecule has 1 unspecified atom stereocenters. The van der Waals surface area contributed by atoms with Crippen LogP contribution in [0.25, 0.3) is 10.9 Å². The summed E-state index contributed by atoms with van der Waals surface area (Å²) in [6.45, 7) is 4.97. The number of hydrogen-bond acceptors (Lipinski definition) is 4. The summed E-state index contributed by atoms with van der Waals surface area (Å²) in [6, 6.07) is 11.5. The summed E-state index contributed by atoms with van der Waals surface area (Å²) in [6.07, 6.45) is 7.15. The Hall–Kier alpha value is -1.68. The molecule has 7 rings (SSSR count). The molecule has 0 radical (unpaired) electrons. The molecule has 2 bridgehead atoms. The molecular formula is C32H36BrClN2O4S2. The van der Waals surface area contributed by atoms with Gasteiger partial charge < -0.3 is 4.57 Å². The maximum absolute atomic E-state index is 14.2. The topological polar surface area (TPSA) is 76.5 Å². The summed E-state index contributed by atoms with van der Waals surface area (Å²) in [5.74, 6) is 0.160. The predicted molar refractivity (Wildman–Crippen MR) is 171 cm³/mol. The molecule has 1 aromatic heterocycles. The lowest BCUT2D eigenvalue weighted by Crippen LogP contribution is -2.44. The summed E-state index contributed by atoms with van der Waals surface area (Å²) in [5.41, 5.74) is 3.82. The average molecular weight is 692 g/mol. The molecule has 6 nitrogen and oxygen atoms in total. The second kappa shape index (κ2) is 9.91. The summed E-state index contributed by atoms with van der Waals surface area (Å²) in [4.78, 5) is 14.9. The Kier molecular flexibility index (Phi) is 6.86. The zero-order valence-electron chi connectivity index (χ0n) is 24.2. The summed E-state index contributed by atoms with van der Waals surface area (Å²) < 4.78 is 44.8. The van der Waals surface area contributed by atoms with Crippen molar-refractivity contribution in [3.63, 3.8) is 0 Å². The van der Waals surface area contributed by atoms with Crippen LogP contribution >= 0.6 is 27.5 Å². The zero-order chi connectivity index (χ0) is 29.8.